The molecule has 8 heteroatoms. The number of aromatic nitrogens is 2. The van der Waals surface area contributed by atoms with Crippen molar-refractivity contribution < 1.29 is 14.7 Å². The number of rotatable bonds is 11. The summed E-state index contributed by atoms with van der Waals surface area (Å²) in [5, 5.41) is 13.2. The minimum atomic E-state index is -1.02. The fraction of sp³-hybridized carbons (Fsp3) is 0.229. The van der Waals surface area contributed by atoms with E-state index in [1.807, 2.05) is 61.5 Å². The molecule has 0 bridgehead atoms. The number of halogens is 1. The first kappa shape index (κ1) is 30.4. The number of amides is 1. The summed E-state index contributed by atoms with van der Waals surface area (Å²) in [6.07, 6.45) is 2.43. The first-order valence-corrected chi connectivity index (χ1v) is 15.4. The van der Waals surface area contributed by atoms with Gasteiger partial charge in [0.1, 0.15) is 5.82 Å². The third kappa shape index (κ3) is 6.79. The molecule has 0 aliphatic heterocycles. The topological polar surface area (TPSA) is 84.2 Å². The monoisotopic (exact) mass is 611 g/mol. The molecule has 43 heavy (non-hydrogen) atoms. The molecule has 5 aromatic rings. The summed E-state index contributed by atoms with van der Waals surface area (Å²) in [5.41, 5.74) is 6.89. The van der Waals surface area contributed by atoms with E-state index in [-0.39, 0.29) is 17.5 Å². The van der Waals surface area contributed by atoms with Gasteiger partial charge in [-0.05, 0) is 66.3 Å². The van der Waals surface area contributed by atoms with Crippen molar-refractivity contribution in [2.24, 2.45) is 0 Å². The van der Waals surface area contributed by atoms with Crippen molar-refractivity contribution >= 4 is 47.1 Å². The highest BCUT2D eigenvalue weighted by Crippen LogP contribution is 2.32. The van der Waals surface area contributed by atoms with Crippen molar-refractivity contribution in [1.29, 1.82) is 0 Å². The van der Waals surface area contributed by atoms with Crippen LogP contribution in [-0.2, 0) is 19.4 Å². The quantitative estimate of drug-likeness (QED) is 0.134. The van der Waals surface area contributed by atoms with Crippen LogP contribution in [0.5, 0.6) is 0 Å². The minimum absolute atomic E-state index is 0.104. The second kappa shape index (κ2) is 13.5. The number of benzene rings is 4. The normalized spacial score (nSPS) is 11.9. The van der Waals surface area contributed by atoms with Crippen LogP contribution in [0.25, 0.3) is 22.2 Å². The number of carbonyl (C=O) groups is 2. The molecule has 0 aliphatic carbocycles. The smallest absolute Gasteiger partial charge is 0.336 e. The number of aromatic carboxylic acids is 1. The van der Waals surface area contributed by atoms with Gasteiger partial charge in [-0.2, -0.15) is 12.6 Å². The molecule has 220 valence electrons. The average Bonchev–Trinajstić information content (AvgIpc) is 3.35. The Balaban J connectivity index is 1.45. The molecule has 0 saturated heterocycles. The van der Waals surface area contributed by atoms with E-state index in [2.05, 4.69) is 41.6 Å². The number of hydrogen-bond acceptors (Lipinski definition) is 4. The number of aryl methyl sites for hydroxylation is 2. The molecule has 4 aromatic carbocycles. The molecule has 1 heterocycles. The maximum atomic E-state index is 13.5. The van der Waals surface area contributed by atoms with Crippen LogP contribution in [0.4, 0.5) is 0 Å². The highest BCUT2D eigenvalue weighted by molar-refractivity contribution is 7.80. The lowest BCUT2D eigenvalue weighted by Gasteiger charge is -2.17. The van der Waals surface area contributed by atoms with Crippen molar-refractivity contribution in [3.8, 4) is 11.1 Å². The van der Waals surface area contributed by atoms with Crippen LogP contribution in [0.2, 0.25) is 5.02 Å². The van der Waals surface area contributed by atoms with E-state index >= 15 is 0 Å². The zero-order valence-electron chi connectivity index (χ0n) is 24.2. The summed E-state index contributed by atoms with van der Waals surface area (Å²) in [4.78, 5) is 30.2. The van der Waals surface area contributed by atoms with Crippen molar-refractivity contribution in [3.63, 3.8) is 0 Å². The predicted octanol–water partition coefficient (Wildman–Crippen LogP) is 7.64. The van der Waals surface area contributed by atoms with Gasteiger partial charge in [0, 0.05) is 40.9 Å². The lowest BCUT2D eigenvalue weighted by atomic mass is 9.98. The first-order valence-electron chi connectivity index (χ1n) is 14.4. The summed E-state index contributed by atoms with van der Waals surface area (Å²) in [5.74, 6) is 0.326. The van der Waals surface area contributed by atoms with E-state index in [0.717, 1.165) is 52.0 Å². The summed E-state index contributed by atoms with van der Waals surface area (Å²) in [7, 11) is 0. The number of fused-ring (bicyclic) bond motifs is 1. The van der Waals surface area contributed by atoms with Gasteiger partial charge in [-0.15, -0.1) is 0 Å². The molecule has 2 N–H and O–H groups in total. The number of imidazole rings is 1. The Bertz CT molecular complexity index is 1770. The van der Waals surface area contributed by atoms with Crippen LogP contribution < -0.4 is 5.32 Å². The molecule has 0 fully saturated rings. The second-order valence-corrected chi connectivity index (χ2v) is 11.5. The summed E-state index contributed by atoms with van der Waals surface area (Å²) in [6.45, 7) is 4.67. The van der Waals surface area contributed by atoms with Crippen LogP contribution in [0.15, 0.2) is 84.9 Å². The maximum absolute atomic E-state index is 13.5. The van der Waals surface area contributed by atoms with Crippen LogP contribution in [-0.4, -0.2) is 38.3 Å². The van der Waals surface area contributed by atoms with Gasteiger partial charge in [-0.3, -0.25) is 4.79 Å². The van der Waals surface area contributed by atoms with Crippen LogP contribution in [0.3, 0.4) is 0 Å². The Kier molecular flexibility index (Phi) is 9.53. The van der Waals surface area contributed by atoms with E-state index in [1.54, 1.807) is 18.2 Å². The van der Waals surface area contributed by atoms with Crippen LogP contribution in [0.1, 0.15) is 56.6 Å². The van der Waals surface area contributed by atoms with Crippen molar-refractivity contribution in [2.45, 2.75) is 45.7 Å². The van der Waals surface area contributed by atoms with Gasteiger partial charge < -0.3 is 15.0 Å². The van der Waals surface area contributed by atoms with Gasteiger partial charge in [-0.25, -0.2) is 9.78 Å². The molecule has 6 nitrogen and oxygen atoms in total. The average molecular weight is 612 g/mol. The standard InChI is InChI=1S/C35H34ClN3O3S/c1-3-8-31-38-33-22(2)17-26(34(40)37-27(21-43)18-23-9-5-4-6-10-23)19-30(33)39(31)20-24-13-15-25(16-14-24)32-28(35(41)42)11-7-12-29(32)36/h4-7,9-17,19,27,43H,3,8,18,20-21H2,1-2H3,(H,37,40)(H,41,42)/t27-/m1/s1. The molecule has 1 atom stereocenters. The molecule has 0 radical (unpaired) electrons. The second-order valence-electron chi connectivity index (χ2n) is 10.7. The van der Waals surface area contributed by atoms with Crippen molar-refractivity contribution in [2.75, 3.05) is 5.75 Å². The minimum Gasteiger partial charge on any atom is -0.478 e. The van der Waals surface area contributed by atoms with Crippen molar-refractivity contribution in [1.82, 2.24) is 14.9 Å². The summed E-state index contributed by atoms with van der Waals surface area (Å²) >= 11 is 10.9. The Labute approximate surface area is 262 Å². The molecular formula is C35H34ClN3O3S. The largest absolute Gasteiger partial charge is 0.478 e. The molecule has 1 aromatic heterocycles. The van der Waals surface area contributed by atoms with Gasteiger partial charge in [-0.1, -0.05) is 79.2 Å². The third-order valence-corrected chi connectivity index (χ3v) is 8.32. The molecule has 0 aliphatic rings. The lowest BCUT2D eigenvalue weighted by Crippen LogP contribution is -2.37. The molecular weight excluding hydrogens is 578 g/mol. The number of carboxylic acids is 1. The summed E-state index contributed by atoms with van der Waals surface area (Å²) in [6, 6.07) is 26.5. The van der Waals surface area contributed by atoms with E-state index in [4.69, 9.17) is 16.6 Å². The van der Waals surface area contributed by atoms with E-state index in [1.165, 1.54) is 0 Å². The Morgan fingerprint density at radius 2 is 1.74 bits per heavy atom. The number of carbonyl (C=O) groups excluding carboxylic acids is 1. The molecule has 5 rings (SSSR count). The van der Waals surface area contributed by atoms with Crippen LogP contribution in [0, 0.1) is 6.92 Å². The van der Waals surface area contributed by atoms with Gasteiger partial charge in [0.15, 0.2) is 0 Å². The van der Waals surface area contributed by atoms with Crippen LogP contribution >= 0.6 is 24.2 Å². The highest BCUT2D eigenvalue weighted by Gasteiger charge is 2.19. The Morgan fingerprint density at radius 3 is 2.42 bits per heavy atom. The zero-order chi connectivity index (χ0) is 30.5. The van der Waals surface area contributed by atoms with Gasteiger partial charge in [0.05, 0.1) is 16.6 Å². The number of carboxylic acid groups (broad SMARTS) is 1. The summed E-state index contributed by atoms with van der Waals surface area (Å²) < 4.78 is 2.18. The third-order valence-electron chi connectivity index (χ3n) is 7.57. The van der Waals surface area contributed by atoms with E-state index in [9.17, 15) is 14.7 Å². The molecule has 0 spiro atoms. The van der Waals surface area contributed by atoms with Gasteiger partial charge in [0.25, 0.3) is 5.91 Å². The molecule has 0 saturated carbocycles. The van der Waals surface area contributed by atoms with Gasteiger partial charge in [0.2, 0.25) is 0 Å². The predicted molar refractivity (Wildman–Crippen MR) is 177 cm³/mol. The maximum Gasteiger partial charge on any atom is 0.336 e. The lowest BCUT2D eigenvalue weighted by molar-refractivity contribution is 0.0697. The number of hydrogen-bond donors (Lipinski definition) is 3. The molecule has 0 unspecified atom stereocenters. The molecule has 1 amide bonds. The number of nitrogens with one attached hydrogen (secondary N) is 1. The fourth-order valence-corrected chi connectivity index (χ4v) is 5.95. The number of nitrogens with zero attached hydrogens (tertiary/aromatic N) is 2. The number of thiol groups is 1. The SMILES string of the molecule is CCCc1nc2c(C)cc(C(=O)N[C@@H](CS)Cc3ccccc3)cc2n1Cc1ccc(-c2c(Cl)cccc2C(=O)O)cc1. The zero-order valence-corrected chi connectivity index (χ0v) is 25.8. The first-order chi connectivity index (χ1) is 20.8. The van der Waals surface area contributed by atoms with Crippen molar-refractivity contribution in [3.05, 3.63) is 124 Å². The van der Waals surface area contributed by atoms with E-state index < -0.39 is 5.97 Å². The van der Waals surface area contributed by atoms with E-state index in [0.29, 0.717) is 34.9 Å². The fourth-order valence-electron chi connectivity index (χ4n) is 5.45. The Hall–Kier alpha value is -4.07. The highest BCUT2D eigenvalue weighted by atomic mass is 35.5. The Morgan fingerprint density at radius 1 is 1.00 bits per heavy atom. The van der Waals surface area contributed by atoms with Gasteiger partial charge >= 0.3 is 5.97 Å².